The molecule has 0 heterocycles. The Kier molecular flexibility index (Phi) is 13.1. The Labute approximate surface area is 128 Å². The summed E-state index contributed by atoms with van der Waals surface area (Å²) >= 11 is 0. The van der Waals surface area contributed by atoms with Crippen LogP contribution in [0.2, 0.25) is 0 Å². The van der Waals surface area contributed by atoms with Gasteiger partial charge in [0.2, 0.25) is 5.91 Å². The number of aliphatic carboxylic acids is 1. The van der Waals surface area contributed by atoms with E-state index in [1.54, 1.807) is 0 Å². The van der Waals surface area contributed by atoms with E-state index in [2.05, 4.69) is 12.2 Å². The van der Waals surface area contributed by atoms with E-state index in [0.717, 1.165) is 12.8 Å². The molecule has 0 unspecified atom stereocenters. The summed E-state index contributed by atoms with van der Waals surface area (Å²) in [6, 6.07) is -0.939. The van der Waals surface area contributed by atoms with Gasteiger partial charge in [-0.15, -0.1) is 0 Å². The molecule has 0 aliphatic carbocycles. The topological polar surface area (TPSA) is 92.4 Å². The van der Waals surface area contributed by atoms with E-state index >= 15 is 0 Å². The van der Waals surface area contributed by atoms with Crippen LogP contribution >= 0.6 is 0 Å². The number of carbonyl (C=O) groups is 2. The van der Waals surface area contributed by atoms with Crippen LogP contribution in [0.4, 0.5) is 0 Å². The van der Waals surface area contributed by atoms with Gasteiger partial charge in [-0.2, -0.15) is 0 Å². The maximum absolute atomic E-state index is 11.4. The summed E-state index contributed by atoms with van der Waals surface area (Å²) in [6.45, 7) is 2.82. The lowest BCUT2D eigenvalue weighted by Crippen LogP contribution is -2.42. The van der Waals surface area contributed by atoms with E-state index in [1.807, 2.05) is 0 Å². The minimum Gasteiger partial charge on any atom is -0.481 e. The van der Waals surface area contributed by atoms with Crippen LogP contribution in [0.3, 0.4) is 0 Å². The zero-order chi connectivity index (χ0) is 15.9. The molecule has 1 amide bonds. The Morgan fingerprint density at radius 1 is 0.952 bits per heavy atom. The molecule has 0 radical (unpaired) electrons. The van der Waals surface area contributed by atoms with Gasteiger partial charge in [-0.25, -0.2) is 0 Å². The van der Waals surface area contributed by atoms with Crippen LogP contribution in [0.15, 0.2) is 0 Å². The van der Waals surface area contributed by atoms with E-state index in [0.29, 0.717) is 6.54 Å². The first kappa shape index (κ1) is 19.9. The van der Waals surface area contributed by atoms with Crippen molar-refractivity contribution in [3.63, 3.8) is 0 Å². The molecular weight excluding hydrogens is 268 g/mol. The van der Waals surface area contributed by atoms with E-state index < -0.39 is 12.0 Å². The molecule has 0 aromatic carbocycles. The van der Waals surface area contributed by atoms with Gasteiger partial charge >= 0.3 is 5.97 Å². The zero-order valence-electron chi connectivity index (χ0n) is 13.4. The van der Waals surface area contributed by atoms with Gasteiger partial charge in [0, 0.05) is 6.54 Å². The third-order valence-corrected chi connectivity index (χ3v) is 3.56. The first-order chi connectivity index (χ1) is 10.1. The highest BCUT2D eigenvalue weighted by atomic mass is 16.4. The second-order valence-corrected chi connectivity index (χ2v) is 5.68. The van der Waals surface area contributed by atoms with Crippen LogP contribution in [-0.2, 0) is 9.59 Å². The molecule has 21 heavy (non-hydrogen) atoms. The average molecular weight is 300 g/mol. The van der Waals surface area contributed by atoms with Crippen LogP contribution in [0.1, 0.15) is 77.6 Å². The molecule has 5 heteroatoms. The fourth-order valence-electron chi connectivity index (χ4n) is 2.24. The van der Waals surface area contributed by atoms with Gasteiger partial charge in [-0.1, -0.05) is 64.7 Å². The lowest BCUT2D eigenvalue weighted by Gasteiger charge is -2.09. The molecular formula is C16H32N2O3. The zero-order valence-corrected chi connectivity index (χ0v) is 13.4. The second kappa shape index (κ2) is 13.9. The molecule has 0 aliphatic heterocycles. The quantitative estimate of drug-likeness (QED) is 0.430. The smallest absolute Gasteiger partial charge is 0.305 e. The van der Waals surface area contributed by atoms with Crippen molar-refractivity contribution in [2.75, 3.05) is 6.54 Å². The van der Waals surface area contributed by atoms with E-state index in [1.165, 1.54) is 51.4 Å². The molecule has 5 nitrogen and oxygen atoms in total. The van der Waals surface area contributed by atoms with Crippen LogP contribution in [0.5, 0.6) is 0 Å². The molecule has 4 N–H and O–H groups in total. The van der Waals surface area contributed by atoms with Crippen LogP contribution < -0.4 is 11.1 Å². The molecule has 0 aromatic rings. The summed E-state index contributed by atoms with van der Waals surface area (Å²) in [5, 5.41) is 11.2. The second-order valence-electron chi connectivity index (χ2n) is 5.68. The summed E-state index contributed by atoms with van der Waals surface area (Å²) in [4.78, 5) is 21.9. The summed E-state index contributed by atoms with van der Waals surface area (Å²) < 4.78 is 0. The summed E-state index contributed by atoms with van der Waals surface area (Å²) in [6.07, 6.45) is 12.2. The predicted molar refractivity (Wildman–Crippen MR) is 85.1 cm³/mol. The number of unbranched alkanes of at least 4 members (excludes halogenated alkanes) is 9. The number of amides is 1. The number of hydrogen-bond donors (Lipinski definition) is 3. The minimum absolute atomic E-state index is 0.316. The van der Waals surface area contributed by atoms with Gasteiger partial charge in [0.25, 0.3) is 0 Å². The lowest BCUT2D eigenvalue weighted by atomic mass is 10.1. The van der Waals surface area contributed by atoms with E-state index in [-0.39, 0.29) is 12.3 Å². The molecule has 1 atom stereocenters. The number of rotatable bonds is 14. The summed E-state index contributed by atoms with van der Waals surface area (Å²) in [5.74, 6) is -1.41. The number of carboxylic acid groups (broad SMARTS) is 1. The monoisotopic (exact) mass is 300 g/mol. The molecule has 0 saturated carbocycles. The van der Waals surface area contributed by atoms with Gasteiger partial charge in [-0.05, 0) is 6.42 Å². The molecule has 0 aliphatic rings. The lowest BCUT2D eigenvalue weighted by molar-refractivity contribution is -0.139. The third-order valence-electron chi connectivity index (χ3n) is 3.56. The van der Waals surface area contributed by atoms with Gasteiger partial charge in [0.05, 0.1) is 12.5 Å². The van der Waals surface area contributed by atoms with Crippen LogP contribution in [0, 0.1) is 0 Å². The number of nitrogens with two attached hydrogens (primary N) is 1. The van der Waals surface area contributed by atoms with E-state index in [4.69, 9.17) is 10.8 Å². The SMILES string of the molecule is CCCCCCCCCCCCNC(=O)[C@H](N)CC(=O)O. The molecule has 0 bridgehead atoms. The van der Waals surface area contributed by atoms with Gasteiger partial charge in [0.15, 0.2) is 0 Å². The highest BCUT2D eigenvalue weighted by Gasteiger charge is 2.15. The maximum Gasteiger partial charge on any atom is 0.305 e. The van der Waals surface area contributed by atoms with Crippen molar-refractivity contribution in [1.29, 1.82) is 0 Å². The molecule has 0 saturated heterocycles. The largest absolute Gasteiger partial charge is 0.481 e. The van der Waals surface area contributed by atoms with Crippen molar-refractivity contribution >= 4 is 11.9 Å². The number of hydrogen-bond acceptors (Lipinski definition) is 3. The van der Waals surface area contributed by atoms with Gasteiger partial charge in [-0.3, -0.25) is 9.59 Å². The highest BCUT2D eigenvalue weighted by molar-refractivity contribution is 5.85. The normalized spacial score (nSPS) is 12.1. The third kappa shape index (κ3) is 13.6. The van der Waals surface area contributed by atoms with Crippen molar-refractivity contribution in [2.24, 2.45) is 5.73 Å². The Hall–Kier alpha value is -1.10. The fourth-order valence-corrected chi connectivity index (χ4v) is 2.24. The minimum atomic E-state index is -1.04. The Bertz CT molecular complexity index is 283. The molecule has 0 rings (SSSR count). The molecule has 0 spiro atoms. The number of carboxylic acids is 1. The molecule has 124 valence electrons. The standard InChI is InChI=1S/C16H32N2O3/c1-2-3-4-5-6-7-8-9-10-11-12-18-16(21)14(17)13-15(19)20/h14H,2-13,17H2,1H3,(H,18,21)(H,19,20)/t14-/m1/s1. The maximum atomic E-state index is 11.4. The Balaban J connectivity index is 3.28. The Morgan fingerprint density at radius 3 is 1.90 bits per heavy atom. The first-order valence-corrected chi connectivity index (χ1v) is 8.33. The Morgan fingerprint density at radius 2 is 1.43 bits per heavy atom. The summed E-state index contributed by atoms with van der Waals surface area (Å²) in [7, 11) is 0. The van der Waals surface area contributed by atoms with Crippen molar-refractivity contribution < 1.29 is 14.7 Å². The van der Waals surface area contributed by atoms with Crippen molar-refractivity contribution in [2.45, 2.75) is 83.6 Å². The average Bonchev–Trinajstić information content (AvgIpc) is 2.43. The fraction of sp³-hybridized carbons (Fsp3) is 0.875. The van der Waals surface area contributed by atoms with Crippen LogP contribution in [-0.4, -0.2) is 29.6 Å². The number of nitrogens with one attached hydrogen (secondary N) is 1. The summed E-state index contributed by atoms with van der Waals surface area (Å²) in [5.41, 5.74) is 5.46. The molecule has 0 fully saturated rings. The van der Waals surface area contributed by atoms with Gasteiger partial charge < -0.3 is 16.2 Å². The molecule has 0 aromatic heterocycles. The van der Waals surface area contributed by atoms with Crippen molar-refractivity contribution in [3.8, 4) is 0 Å². The number of carbonyl (C=O) groups excluding carboxylic acids is 1. The van der Waals surface area contributed by atoms with Crippen LogP contribution in [0.25, 0.3) is 0 Å². The van der Waals surface area contributed by atoms with Crippen molar-refractivity contribution in [1.82, 2.24) is 5.32 Å². The van der Waals surface area contributed by atoms with Crippen molar-refractivity contribution in [3.05, 3.63) is 0 Å². The van der Waals surface area contributed by atoms with E-state index in [9.17, 15) is 9.59 Å². The van der Waals surface area contributed by atoms with Gasteiger partial charge in [0.1, 0.15) is 0 Å². The predicted octanol–water partition coefficient (Wildman–Crippen LogP) is 2.83. The first-order valence-electron chi connectivity index (χ1n) is 8.33. The highest BCUT2D eigenvalue weighted by Crippen LogP contribution is 2.10.